The van der Waals surface area contributed by atoms with Gasteiger partial charge in [0.1, 0.15) is 18.4 Å². The van der Waals surface area contributed by atoms with E-state index in [0.717, 1.165) is 45.6 Å². The molecule has 1 aromatic rings. The molecule has 5 nitrogen and oxygen atoms in total. The molecule has 3 rings (SSSR count). The van der Waals surface area contributed by atoms with Crippen LogP contribution in [-0.2, 0) is 4.79 Å². The lowest BCUT2D eigenvalue weighted by atomic mass is 10.1. The van der Waals surface area contributed by atoms with E-state index in [1.807, 2.05) is 23.1 Å². The highest BCUT2D eigenvalue weighted by Gasteiger charge is 2.29. The highest BCUT2D eigenvalue weighted by molar-refractivity contribution is 5.79. The number of carbonyl (C=O) groups is 1. The number of nitriles is 1. The van der Waals surface area contributed by atoms with Crippen molar-refractivity contribution >= 4 is 5.91 Å². The van der Waals surface area contributed by atoms with Crippen LogP contribution in [0.5, 0.6) is 5.75 Å². The van der Waals surface area contributed by atoms with E-state index in [2.05, 4.69) is 11.0 Å². The molecular formula is C19H25N3O2. The van der Waals surface area contributed by atoms with Crippen LogP contribution in [0.2, 0.25) is 0 Å². The van der Waals surface area contributed by atoms with Gasteiger partial charge < -0.3 is 9.64 Å². The summed E-state index contributed by atoms with van der Waals surface area (Å²) in [4.78, 5) is 16.8. The average molecular weight is 327 g/mol. The van der Waals surface area contributed by atoms with Crippen molar-refractivity contribution in [2.75, 3.05) is 39.3 Å². The van der Waals surface area contributed by atoms with Gasteiger partial charge in [0.05, 0.1) is 5.56 Å². The number of ether oxygens (including phenoxy) is 1. The first-order chi connectivity index (χ1) is 11.8. The number of rotatable bonds is 5. The maximum atomic E-state index is 12.4. The molecule has 0 N–H and O–H groups in total. The summed E-state index contributed by atoms with van der Waals surface area (Å²) >= 11 is 0. The molecule has 0 atom stereocenters. The number of hydrogen-bond donors (Lipinski definition) is 0. The van der Waals surface area contributed by atoms with Crippen LogP contribution >= 0.6 is 0 Å². The van der Waals surface area contributed by atoms with Crippen molar-refractivity contribution in [2.45, 2.75) is 25.7 Å². The SMILES string of the molecule is N#Cc1ccccc1OCCN1CCN(C(=O)C2CCCC2)CC1. The zero-order valence-corrected chi connectivity index (χ0v) is 14.1. The number of carbonyl (C=O) groups excluding carboxylic acids is 1. The van der Waals surface area contributed by atoms with Gasteiger partial charge in [0.2, 0.25) is 5.91 Å². The van der Waals surface area contributed by atoms with E-state index < -0.39 is 0 Å². The second kappa shape index (κ2) is 8.16. The van der Waals surface area contributed by atoms with E-state index >= 15 is 0 Å². The first-order valence-corrected chi connectivity index (χ1v) is 8.91. The summed E-state index contributed by atoms with van der Waals surface area (Å²) in [6, 6.07) is 9.46. The fraction of sp³-hybridized carbons (Fsp3) is 0.579. The second-order valence-corrected chi connectivity index (χ2v) is 6.60. The van der Waals surface area contributed by atoms with E-state index in [0.29, 0.717) is 23.8 Å². The van der Waals surface area contributed by atoms with E-state index in [1.54, 1.807) is 6.07 Å². The molecule has 0 bridgehead atoms. The summed E-state index contributed by atoms with van der Waals surface area (Å²) in [5.41, 5.74) is 0.574. The average Bonchev–Trinajstić information content (AvgIpc) is 3.17. The van der Waals surface area contributed by atoms with Crippen molar-refractivity contribution < 1.29 is 9.53 Å². The molecule has 0 spiro atoms. The van der Waals surface area contributed by atoms with Crippen LogP contribution < -0.4 is 4.74 Å². The van der Waals surface area contributed by atoms with Crippen LogP contribution in [0.15, 0.2) is 24.3 Å². The highest BCUT2D eigenvalue weighted by atomic mass is 16.5. The zero-order valence-electron chi connectivity index (χ0n) is 14.1. The minimum Gasteiger partial charge on any atom is -0.491 e. The molecule has 24 heavy (non-hydrogen) atoms. The summed E-state index contributed by atoms with van der Waals surface area (Å²) < 4.78 is 5.74. The molecule has 128 valence electrons. The Morgan fingerprint density at radius 3 is 2.58 bits per heavy atom. The van der Waals surface area contributed by atoms with Crippen molar-refractivity contribution in [3.63, 3.8) is 0 Å². The Hall–Kier alpha value is -2.06. The Morgan fingerprint density at radius 1 is 1.17 bits per heavy atom. The Bertz CT molecular complexity index is 597. The van der Waals surface area contributed by atoms with Gasteiger partial charge in [-0.3, -0.25) is 9.69 Å². The molecule has 0 unspecified atom stereocenters. The highest BCUT2D eigenvalue weighted by Crippen LogP contribution is 2.26. The van der Waals surface area contributed by atoms with Crippen molar-refractivity contribution in [3.8, 4) is 11.8 Å². The lowest BCUT2D eigenvalue weighted by molar-refractivity contribution is -0.137. The third-order valence-electron chi connectivity index (χ3n) is 5.06. The molecule has 1 heterocycles. The van der Waals surface area contributed by atoms with E-state index in [1.165, 1.54) is 12.8 Å². The third kappa shape index (κ3) is 4.07. The molecule has 2 aliphatic rings. The molecule has 1 aliphatic carbocycles. The quantitative estimate of drug-likeness (QED) is 0.832. The molecular weight excluding hydrogens is 302 g/mol. The van der Waals surface area contributed by atoms with Gasteiger partial charge in [0, 0.05) is 38.6 Å². The Morgan fingerprint density at radius 2 is 1.88 bits per heavy atom. The van der Waals surface area contributed by atoms with Gasteiger partial charge >= 0.3 is 0 Å². The largest absolute Gasteiger partial charge is 0.491 e. The number of benzene rings is 1. The molecule has 1 saturated heterocycles. The lowest BCUT2D eigenvalue weighted by Gasteiger charge is -2.35. The van der Waals surface area contributed by atoms with E-state index in [9.17, 15) is 4.79 Å². The molecule has 1 saturated carbocycles. The van der Waals surface area contributed by atoms with Crippen LogP contribution in [0.1, 0.15) is 31.2 Å². The summed E-state index contributed by atoms with van der Waals surface area (Å²) in [7, 11) is 0. The molecule has 5 heteroatoms. The predicted molar refractivity (Wildman–Crippen MR) is 91.6 cm³/mol. The molecule has 1 aliphatic heterocycles. The monoisotopic (exact) mass is 327 g/mol. The first-order valence-electron chi connectivity index (χ1n) is 8.91. The van der Waals surface area contributed by atoms with E-state index in [-0.39, 0.29) is 5.92 Å². The number of amides is 1. The normalized spacial score (nSPS) is 19.2. The fourth-order valence-corrected chi connectivity index (χ4v) is 3.59. The fourth-order valence-electron chi connectivity index (χ4n) is 3.59. The topological polar surface area (TPSA) is 56.6 Å². The van der Waals surface area contributed by atoms with Gasteiger partial charge in [-0.25, -0.2) is 0 Å². The number of para-hydroxylation sites is 1. The molecule has 2 fully saturated rings. The minimum absolute atomic E-state index is 0.280. The first kappa shape index (κ1) is 16.8. The maximum absolute atomic E-state index is 12.4. The van der Waals surface area contributed by atoms with E-state index in [4.69, 9.17) is 10.00 Å². The maximum Gasteiger partial charge on any atom is 0.225 e. The van der Waals surface area contributed by atoms with Gasteiger partial charge in [-0.2, -0.15) is 5.26 Å². The van der Waals surface area contributed by atoms with Gasteiger partial charge in [-0.05, 0) is 25.0 Å². The Labute approximate surface area is 143 Å². The molecule has 0 radical (unpaired) electrons. The summed E-state index contributed by atoms with van der Waals surface area (Å²) in [6.07, 6.45) is 4.56. The molecule has 0 aromatic heterocycles. The summed E-state index contributed by atoms with van der Waals surface area (Å²) in [5, 5.41) is 9.06. The van der Waals surface area contributed by atoms with Gasteiger partial charge in [-0.15, -0.1) is 0 Å². The summed E-state index contributed by atoms with van der Waals surface area (Å²) in [5.74, 6) is 1.30. The second-order valence-electron chi connectivity index (χ2n) is 6.60. The van der Waals surface area contributed by atoms with Crippen LogP contribution in [0.4, 0.5) is 0 Å². The summed E-state index contributed by atoms with van der Waals surface area (Å²) in [6.45, 7) is 4.85. The van der Waals surface area contributed by atoms with Crippen LogP contribution in [0.25, 0.3) is 0 Å². The van der Waals surface area contributed by atoms with Crippen molar-refractivity contribution in [3.05, 3.63) is 29.8 Å². The van der Waals surface area contributed by atoms with Crippen molar-refractivity contribution in [1.82, 2.24) is 9.80 Å². The molecule has 1 aromatic carbocycles. The predicted octanol–water partition coefficient (Wildman–Crippen LogP) is 2.27. The lowest BCUT2D eigenvalue weighted by Crippen LogP contribution is -2.50. The smallest absolute Gasteiger partial charge is 0.225 e. The molecule has 1 amide bonds. The number of hydrogen-bond acceptors (Lipinski definition) is 4. The third-order valence-corrected chi connectivity index (χ3v) is 5.06. The van der Waals surface area contributed by atoms with Crippen molar-refractivity contribution in [2.24, 2.45) is 5.92 Å². The van der Waals surface area contributed by atoms with Gasteiger partial charge in [0.15, 0.2) is 0 Å². The Balaban J connectivity index is 1.39. The van der Waals surface area contributed by atoms with Gasteiger partial charge in [0.25, 0.3) is 0 Å². The van der Waals surface area contributed by atoms with Crippen LogP contribution in [0.3, 0.4) is 0 Å². The van der Waals surface area contributed by atoms with Crippen LogP contribution in [0, 0.1) is 17.2 Å². The van der Waals surface area contributed by atoms with Crippen molar-refractivity contribution in [1.29, 1.82) is 5.26 Å². The number of piperazine rings is 1. The zero-order chi connectivity index (χ0) is 16.8. The number of nitrogens with zero attached hydrogens (tertiary/aromatic N) is 3. The van der Waals surface area contributed by atoms with Crippen LogP contribution in [-0.4, -0.2) is 55.0 Å². The minimum atomic E-state index is 0.280. The Kier molecular flexibility index (Phi) is 5.71. The standard InChI is InChI=1S/C19H25N3O2/c20-15-17-7-3-4-8-18(17)24-14-13-21-9-11-22(12-10-21)19(23)16-5-1-2-6-16/h3-4,7-8,16H,1-2,5-6,9-14H2. The van der Waals surface area contributed by atoms with Gasteiger partial charge in [-0.1, -0.05) is 25.0 Å².